The summed E-state index contributed by atoms with van der Waals surface area (Å²) in [6, 6.07) is 28.1. The number of hydrogen-bond donors (Lipinski definition) is 1. The van der Waals surface area contributed by atoms with E-state index in [1.165, 1.54) is 17.3 Å². The Hall–Kier alpha value is -3.11. The van der Waals surface area contributed by atoms with E-state index in [0.717, 1.165) is 27.7 Å². The van der Waals surface area contributed by atoms with Crippen LogP contribution in [0.15, 0.2) is 91.0 Å². The highest BCUT2D eigenvalue weighted by Gasteiger charge is 2.27. The highest BCUT2D eigenvalue weighted by atomic mass is 32.2. The maximum atomic E-state index is 13.1. The molecule has 1 heterocycles. The van der Waals surface area contributed by atoms with Crippen LogP contribution in [-0.2, 0) is 4.79 Å². The molecule has 4 heteroatoms. The van der Waals surface area contributed by atoms with Crippen molar-refractivity contribution in [3.63, 3.8) is 0 Å². The molecular weight excluding hydrogens is 364 g/mol. The lowest BCUT2D eigenvalue weighted by Gasteiger charge is -2.24. The van der Waals surface area contributed by atoms with Crippen LogP contribution >= 0.6 is 11.8 Å². The predicted octanol–water partition coefficient (Wildman–Crippen LogP) is 3.93. The highest BCUT2D eigenvalue weighted by molar-refractivity contribution is 8.14. The quantitative estimate of drug-likeness (QED) is 0.741. The summed E-state index contributed by atoms with van der Waals surface area (Å²) >= 11 is 1.53. The molecule has 0 unspecified atom stereocenters. The molecular formula is C24H21N2OS+. The molecule has 1 aliphatic rings. The van der Waals surface area contributed by atoms with Crippen LogP contribution in [-0.4, -0.2) is 16.7 Å². The molecule has 0 aromatic heterocycles. The van der Waals surface area contributed by atoms with Gasteiger partial charge < -0.3 is 0 Å². The molecule has 3 nitrogen and oxygen atoms in total. The van der Waals surface area contributed by atoms with Crippen LogP contribution in [0.1, 0.15) is 11.1 Å². The van der Waals surface area contributed by atoms with Gasteiger partial charge in [-0.25, -0.2) is 0 Å². The van der Waals surface area contributed by atoms with Crippen molar-refractivity contribution in [2.24, 2.45) is 0 Å². The molecule has 138 valence electrons. The van der Waals surface area contributed by atoms with Crippen molar-refractivity contribution in [2.75, 3.05) is 10.7 Å². The minimum absolute atomic E-state index is 0.0620. The molecule has 1 amide bonds. The number of hydrogen-bond acceptors (Lipinski definition) is 2. The Bertz CT molecular complexity index is 1030. The van der Waals surface area contributed by atoms with Gasteiger partial charge in [0, 0.05) is 23.9 Å². The van der Waals surface area contributed by atoms with Crippen molar-refractivity contribution >= 4 is 39.8 Å². The van der Waals surface area contributed by atoms with Gasteiger partial charge in [-0.05, 0) is 36.4 Å². The average Bonchev–Trinajstić information content (AvgIpc) is 2.90. The van der Waals surface area contributed by atoms with E-state index in [-0.39, 0.29) is 5.91 Å². The minimum Gasteiger partial charge on any atom is -0.279 e. The Labute approximate surface area is 169 Å². The number of carbonyl (C=O) groups is 1. The Morgan fingerprint density at radius 2 is 1.50 bits per heavy atom. The summed E-state index contributed by atoms with van der Waals surface area (Å²) in [6.45, 7) is 2.07. The zero-order valence-electron chi connectivity index (χ0n) is 15.6. The summed E-state index contributed by atoms with van der Waals surface area (Å²) in [6.07, 6.45) is 2.07. The number of nitrogens with one attached hydrogen (secondary N) is 1. The Morgan fingerprint density at radius 3 is 2.18 bits per heavy atom. The van der Waals surface area contributed by atoms with Crippen LogP contribution in [0, 0.1) is 6.92 Å². The first-order valence-electron chi connectivity index (χ1n) is 9.19. The van der Waals surface area contributed by atoms with E-state index in [9.17, 15) is 4.79 Å². The molecule has 0 saturated heterocycles. The number of carbonyl (C=O) groups excluding carboxylic acids is 1. The molecule has 0 radical (unpaired) electrons. The largest absolute Gasteiger partial charge is 0.279 e. The third-order valence-electron chi connectivity index (χ3n) is 4.51. The standard InChI is InChI=1S/C24H20N2OS/c1-18-12-14-20(15-13-18)25-23-16-22(19-8-4-2-5-9-19)26(24(27)17-28-23)21-10-6-3-7-11-21/h2-16H,17H2,1H3/p+1. The smallest absolute Gasteiger partial charge is 0.242 e. The molecule has 1 aliphatic heterocycles. The van der Waals surface area contributed by atoms with Crippen molar-refractivity contribution in [3.8, 4) is 0 Å². The Balaban J connectivity index is 1.83. The van der Waals surface area contributed by atoms with Crippen molar-refractivity contribution in [1.82, 2.24) is 0 Å². The number of anilines is 1. The second-order valence-electron chi connectivity index (χ2n) is 6.60. The molecule has 28 heavy (non-hydrogen) atoms. The number of amides is 1. The molecule has 3 aromatic rings. The topological polar surface area (TPSA) is 34.3 Å². The van der Waals surface area contributed by atoms with E-state index in [1.807, 2.05) is 65.6 Å². The van der Waals surface area contributed by atoms with Crippen LogP contribution < -0.4 is 9.89 Å². The van der Waals surface area contributed by atoms with Gasteiger partial charge >= 0.3 is 0 Å². The number of rotatable bonds is 3. The first kappa shape index (κ1) is 18.3. The van der Waals surface area contributed by atoms with E-state index in [4.69, 9.17) is 0 Å². The van der Waals surface area contributed by atoms with Crippen LogP contribution in [0.25, 0.3) is 5.70 Å². The van der Waals surface area contributed by atoms with Crippen LogP contribution in [0.4, 0.5) is 11.4 Å². The van der Waals surface area contributed by atoms with Gasteiger partial charge in [-0.3, -0.25) is 9.69 Å². The second kappa shape index (κ2) is 8.28. The zero-order valence-corrected chi connectivity index (χ0v) is 16.4. The third-order valence-corrected chi connectivity index (χ3v) is 5.43. The summed E-state index contributed by atoms with van der Waals surface area (Å²) in [7, 11) is 0. The predicted molar refractivity (Wildman–Crippen MR) is 118 cm³/mol. The van der Waals surface area contributed by atoms with Crippen molar-refractivity contribution < 1.29 is 9.79 Å². The first-order valence-corrected chi connectivity index (χ1v) is 10.2. The van der Waals surface area contributed by atoms with Gasteiger partial charge in [-0.15, -0.1) is 0 Å². The summed E-state index contributed by atoms with van der Waals surface area (Å²) in [4.78, 5) is 18.3. The zero-order chi connectivity index (χ0) is 19.3. The molecule has 4 rings (SSSR count). The van der Waals surface area contributed by atoms with Crippen LogP contribution in [0.3, 0.4) is 0 Å². The molecule has 0 bridgehead atoms. The Morgan fingerprint density at radius 1 is 0.857 bits per heavy atom. The second-order valence-corrected chi connectivity index (χ2v) is 7.62. The normalized spacial score (nSPS) is 16.0. The van der Waals surface area contributed by atoms with Crippen LogP contribution in [0.2, 0.25) is 0 Å². The van der Waals surface area contributed by atoms with Gasteiger partial charge in [-0.2, -0.15) is 4.99 Å². The van der Waals surface area contributed by atoms with Gasteiger partial charge in [0.05, 0.1) is 11.4 Å². The van der Waals surface area contributed by atoms with E-state index >= 15 is 0 Å². The van der Waals surface area contributed by atoms with E-state index in [2.05, 4.69) is 42.3 Å². The van der Waals surface area contributed by atoms with Crippen molar-refractivity contribution in [1.29, 1.82) is 0 Å². The lowest BCUT2D eigenvalue weighted by Crippen LogP contribution is -2.65. The fourth-order valence-electron chi connectivity index (χ4n) is 3.10. The van der Waals surface area contributed by atoms with Crippen LogP contribution in [0.5, 0.6) is 0 Å². The number of nitrogens with zero attached hydrogens (tertiary/aromatic N) is 1. The lowest BCUT2D eigenvalue weighted by atomic mass is 10.1. The van der Waals surface area contributed by atoms with Crippen molar-refractivity contribution in [3.05, 3.63) is 102 Å². The van der Waals surface area contributed by atoms with E-state index in [0.29, 0.717) is 5.75 Å². The van der Waals surface area contributed by atoms with Crippen molar-refractivity contribution in [2.45, 2.75) is 6.92 Å². The van der Waals surface area contributed by atoms with Gasteiger partial charge in [0.2, 0.25) is 16.6 Å². The van der Waals surface area contributed by atoms with Gasteiger partial charge in [0.1, 0.15) is 0 Å². The fourth-order valence-corrected chi connectivity index (χ4v) is 3.89. The summed E-state index contributed by atoms with van der Waals surface area (Å²) in [5.74, 6) is 0.433. The number of para-hydroxylation sites is 1. The van der Waals surface area contributed by atoms with E-state index in [1.54, 1.807) is 0 Å². The van der Waals surface area contributed by atoms with E-state index < -0.39 is 0 Å². The van der Waals surface area contributed by atoms with Gasteiger partial charge in [-0.1, -0.05) is 66.2 Å². The molecule has 1 N–H and O–H groups in total. The average molecular weight is 386 g/mol. The molecule has 0 fully saturated rings. The van der Waals surface area contributed by atoms with Gasteiger partial charge in [0.15, 0.2) is 0 Å². The number of aryl methyl sites for hydroxylation is 1. The maximum absolute atomic E-state index is 13.1. The molecule has 0 spiro atoms. The van der Waals surface area contributed by atoms with Gasteiger partial charge in [0.25, 0.3) is 0 Å². The highest BCUT2D eigenvalue weighted by Crippen LogP contribution is 2.30. The third kappa shape index (κ3) is 4.07. The lowest BCUT2D eigenvalue weighted by molar-refractivity contribution is -0.348. The number of thioether (sulfide) groups is 1. The summed E-state index contributed by atoms with van der Waals surface area (Å²) in [5, 5.41) is 0.953. The SMILES string of the molecule is Cc1ccc([NH+]=C2C=C(c3ccccc3)N(c3ccccc3)C(=O)CS2)cc1. The maximum Gasteiger partial charge on any atom is 0.242 e. The molecule has 0 atom stereocenters. The first-order chi connectivity index (χ1) is 13.7. The molecule has 0 aliphatic carbocycles. The molecule has 3 aromatic carbocycles. The summed E-state index contributed by atoms with van der Waals surface area (Å²) in [5.41, 5.74) is 4.98. The monoisotopic (exact) mass is 385 g/mol. The fraction of sp³-hybridized carbons (Fsp3) is 0.0833. The Kier molecular flexibility index (Phi) is 5.40. The minimum atomic E-state index is 0.0620. The molecule has 0 saturated carbocycles. The summed E-state index contributed by atoms with van der Waals surface area (Å²) < 4.78 is 0. The number of benzene rings is 3.